The van der Waals surface area contributed by atoms with Crippen LogP contribution < -0.4 is 10.6 Å². The van der Waals surface area contributed by atoms with Crippen LogP contribution in [0.1, 0.15) is 48.0 Å². The highest BCUT2D eigenvalue weighted by Crippen LogP contribution is 2.09. The molecule has 0 bridgehead atoms. The number of guanidine groups is 1. The molecule has 0 atom stereocenters. The molecule has 132 valence electrons. The van der Waals surface area contributed by atoms with E-state index in [2.05, 4.69) is 22.5 Å². The first-order valence-corrected chi connectivity index (χ1v) is 7.84. The molecule has 0 spiro atoms. The van der Waals surface area contributed by atoms with Crippen molar-refractivity contribution in [1.29, 1.82) is 0 Å². The molecule has 0 fully saturated rings. The minimum atomic E-state index is -0.463. The van der Waals surface area contributed by atoms with Gasteiger partial charge in [-0.05, 0) is 41.0 Å². The second-order valence-corrected chi connectivity index (χ2v) is 5.75. The van der Waals surface area contributed by atoms with Crippen molar-refractivity contribution >= 4 is 36.0 Å². The minimum Gasteiger partial charge on any atom is -0.444 e. The first kappa shape index (κ1) is 23.5. The quantitative estimate of drug-likeness (QED) is 0.372. The van der Waals surface area contributed by atoms with E-state index < -0.39 is 5.60 Å². The first-order chi connectivity index (χ1) is 9.84. The van der Waals surface area contributed by atoms with Crippen molar-refractivity contribution in [3.05, 3.63) is 0 Å². The predicted octanol–water partition coefficient (Wildman–Crippen LogP) is 2.83. The maximum atomic E-state index is 12.0. The maximum absolute atomic E-state index is 12.0. The Morgan fingerprint density at radius 2 is 1.82 bits per heavy atom. The van der Waals surface area contributed by atoms with Crippen LogP contribution in [0, 0.1) is 0 Å². The number of likely N-dealkylation sites (N-methyl/N-ethyl adjacent to an activating group) is 1. The fourth-order valence-corrected chi connectivity index (χ4v) is 1.58. The molecule has 0 unspecified atom stereocenters. The molecule has 0 rings (SSSR count). The Morgan fingerprint density at radius 3 is 2.27 bits per heavy atom. The Balaban J connectivity index is 0. The lowest BCUT2D eigenvalue weighted by Crippen LogP contribution is -2.44. The van der Waals surface area contributed by atoms with Gasteiger partial charge in [0, 0.05) is 32.7 Å². The van der Waals surface area contributed by atoms with E-state index in [-0.39, 0.29) is 30.1 Å². The fourth-order valence-electron chi connectivity index (χ4n) is 1.58. The zero-order valence-electron chi connectivity index (χ0n) is 14.9. The molecule has 0 saturated heterocycles. The number of aliphatic imine (C=N–C) groups is 1. The highest BCUT2D eigenvalue weighted by atomic mass is 127. The summed E-state index contributed by atoms with van der Waals surface area (Å²) in [4.78, 5) is 18.1. The lowest BCUT2D eigenvalue weighted by molar-refractivity contribution is 0.0264. The highest BCUT2D eigenvalue weighted by molar-refractivity contribution is 14.0. The Kier molecular flexibility index (Phi) is 13.7. The van der Waals surface area contributed by atoms with Crippen LogP contribution in [0.2, 0.25) is 0 Å². The summed E-state index contributed by atoms with van der Waals surface area (Å²) in [5, 5.41) is 6.41. The van der Waals surface area contributed by atoms with Crippen LogP contribution >= 0.6 is 24.0 Å². The van der Waals surface area contributed by atoms with Crippen molar-refractivity contribution in [3.8, 4) is 0 Å². The van der Waals surface area contributed by atoms with Gasteiger partial charge < -0.3 is 20.3 Å². The van der Waals surface area contributed by atoms with Gasteiger partial charge in [0.2, 0.25) is 0 Å². The summed E-state index contributed by atoms with van der Waals surface area (Å²) in [7, 11) is 0. The Labute approximate surface area is 152 Å². The van der Waals surface area contributed by atoms with Gasteiger partial charge in [-0.2, -0.15) is 0 Å². The number of nitrogens with zero attached hydrogens (tertiary/aromatic N) is 2. The summed E-state index contributed by atoms with van der Waals surface area (Å²) in [5.74, 6) is 0.791. The fraction of sp³-hybridized carbons (Fsp3) is 0.867. The molecular weight excluding hydrogens is 395 g/mol. The molecule has 0 aliphatic carbocycles. The van der Waals surface area contributed by atoms with Crippen molar-refractivity contribution in [2.45, 2.75) is 53.6 Å². The Bertz CT molecular complexity index is 330. The van der Waals surface area contributed by atoms with Crippen molar-refractivity contribution in [3.63, 3.8) is 0 Å². The molecule has 0 heterocycles. The minimum absolute atomic E-state index is 0. The topological polar surface area (TPSA) is 66.0 Å². The third-order valence-corrected chi connectivity index (χ3v) is 2.55. The summed E-state index contributed by atoms with van der Waals surface area (Å²) < 4.78 is 5.37. The molecule has 7 heteroatoms. The maximum Gasteiger partial charge on any atom is 0.410 e. The van der Waals surface area contributed by atoms with Gasteiger partial charge in [0.1, 0.15) is 5.60 Å². The number of nitrogens with one attached hydrogen (secondary N) is 2. The molecule has 0 aromatic carbocycles. The summed E-state index contributed by atoms with van der Waals surface area (Å²) >= 11 is 0. The summed E-state index contributed by atoms with van der Waals surface area (Å²) in [6, 6.07) is 0. The average Bonchev–Trinajstić information content (AvgIpc) is 2.38. The van der Waals surface area contributed by atoms with Gasteiger partial charge in [0.15, 0.2) is 5.96 Å². The normalized spacial score (nSPS) is 11.5. The number of rotatable bonds is 7. The van der Waals surface area contributed by atoms with E-state index >= 15 is 0 Å². The van der Waals surface area contributed by atoms with Gasteiger partial charge in [0.25, 0.3) is 0 Å². The molecule has 22 heavy (non-hydrogen) atoms. The molecular formula is C15H33IN4O2. The van der Waals surface area contributed by atoms with Crippen LogP contribution in [0.5, 0.6) is 0 Å². The second kappa shape index (κ2) is 12.8. The van der Waals surface area contributed by atoms with E-state index in [1.165, 1.54) is 0 Å². The Hall–Kier alpha value is -0.730. The molecule has 0 aliphatic heterocycles. The number of ether oxygens (including phenoxy) is 1. The molecule has 0 aromatic heterocycles. The summed E-state index contributed by atoms with van der Waals surface area (Å²) in [6.07, 6.45) is 0.734. The van der Waals surface area contributed by atoms with Gasteiger partial charge in [0.05, 0.1) is 0 Å². The summed E-state index contributed by atoms with van der Waals surface area (Å²) in [5.41, 5.74) is -0.463. The third-order valence-electron chi connectivity index (χ3n) is 2.55. The first-order valence-electron chi connectivity index (χ1n) is 7.84. The van der Waals surface area contributed by atoms with Gasteiger partial charge >= 0.3 is 6.09 Å². The summed E-state index contributed by atoms with van der Waals surface area (Å²) in [6.45, 7) is 15.1. The van der Waals surface area contributed by atoms with Crippen molar-refractivity contribution in [1.82, 2.24) is 15.5 Å². The largest absolute Gasteiger partial charge is 0.444 e. The third kappa shape index (κ3) is 11.9. The standard InChI is InChI=1S/C15H32N4O2.HI/c1-7-10-17-13(16-8-2)18-11-12-19(9-3)14(20)21-15(4,5)6;/h7-12H2,1-6H3,(H2,16,17,18);1H. The van der Waals surface area contributed by atoms with Crippen LogP contribution in [0.3, 0.4) is 0 Å². The number of halogens is 1. The SMILES string of the molecule is CCCN=C(NCC)NCCN(CC)C(=O)OC(C)(C)C.I. The molecule has 2 N–H and O–H groups in total. The number of hydrogen-bond donors (Lipinski definition) is 2. The highest BCUT2D eigenvalue weighted by Gasteiger charge is 2.20. The van der Waals surface area contributed by atoms with Gasteiger partial charge in [-0.1, -0.05) is 6.92 Å². The predicted molar refractivity (Wildman–Crippen MR) is 103 cm³/mol. The zero-order chi connectivity index (χ0) is 16.3. The monoisotopic (exact) mass is 428 g/mol. The average molecular weight is 428 g/mol. The van der Waals surface area contributed by atoms with Crippen molar-refractivity contribution in [2.24, 2.45) is 4.99 Å². The van der Waals surface area contributed by atoms with Crippen molar-refractivity contribution in [2.75, 3.05) is 32.7 Å². The van der Waals surface area contributed by atoms with Gasteiger partial charge in [-0.25, -0.2) is 4.79 Å². The smallest absolute Gasteiger partial charge is 0.410 e. The van der Waals surface area contributed by atoms with Crippen LogP contribution in [0.25, 0.3) is 0 Å². The molecule has 6 nitrogen and oxygen atoms in total. The van der Waals surface area contributed by atoms with Crippen LogP contribution in [-0.2, 0) is 4.74 Å². The van der Waals surface area contributed by atoms with Crippen LogP contribution in [0.15, 0.2) is 4.99 Å². The van der Waals surface area contributed by atoms with E-state index in [4.69, 9.17) is 4.74 Å². The van der Waals surface area contributed by atoms with Gasteiger partial charge in [-0.15, -0.1) is 24.0 Å². The number of amides is 1. The van der Waals surface area contributed by atoms with E-state index in [1.807, 2.05) is 34.6 Å². The molecule has 0 aromatic rings. The molecule has 0 radical (unpaired) electrons. The van der Waals surface area contributed by atoms with E-state index in [1.54, 1.807) is 4.90 Å². The van der Waals surface area contributed by atoms with Crippen LogP contribution in [-0.4, -0.2) is 55.3 Å². The van der Waals surface area contributed by atoms with E-state index in [0.717, 1.165) is 25.5 Å². The molecule has 0 aliphatic rings. The zero-order valence-corrected chi connectivity index (χ0v) is 17.2. The lowest BCUT2D eigenvalue weighted by Gasteiger charge is -2.26. The Morgan fingerprint density at radius 1 is 1.18 bits per heavy atom. The van der Waals surface area contributed by atoms with E-state index in [9.17, 15) is 4.79 Å². The molecule has 0 saturated carbocycles. The second-order valence-electron chi connectivity index (χ2n) is 5.75. The number of hydrogen-bond acceptors (Lipinski definition) is 3. The van der Waals surface area contributed by atoms with Crippen molar-refractivity contribution < 1.29 is 9.53 Å². The number of carbonyl (C=O) groups is 1. The van der Waals surface area contributed by atoms with E-state index in [0.29, 0.717) is 19.6 Å². The van der Waals surface area contributed by atoms with Gasteiger partial charge in [-0.3, -0.25) is 4.99 Å². The lowest BCUT2D eigenvalue weighted by atomic mass is 10.2. The van der Waals surface area contributed by atoms with Crippen LogP contribution in [0.4, 0.5) is 4.79 Å². The molecule has 1 amide bonds. The number of carbonyl (C=O) groups excluding carboxylic acids is 1.